The van der Waals surface area contributed by atoms with Crippen LogP contribution in [0.3, 0.4) is 0 Å². The molecule has 0 spiro atoms. The fourth-order valence-electron chi connectivity index (χ4n) is 3.58. The molecule has 11 heavy (non-hydrogen) atoms. The van der Waals surface area contributed by atoms with Gasteiger partial charge in [0.1, 0.15) is 0 Å². The second kappa shape index (κ2) is 1.89. The third kappa shape index (κ3) is 0.652. The van der Waals surface area contributed by atoms with E-state index >= 15 is 0 Å². The Bertz CT molecular complexity index is 209. The minimum absolute atomic E-state index is 0.528. The molecule has 0 aromatic rings. The predicted molar refractivity (Wildman–Crippen MR) is 44.9 cm³/mol. The van der Waals surface area contributed by atoms with Crippen LogP contribution in [0.4, 0.5) is 0 Å². The first-order valence-electron chi connectivity index (χ1n) is 4.80. The van der Waals surface area contributed by atoms with Crippen LogP contribution in [0.2, 0.25) is 0 Å². The molecule has 60 valence electrons. The Morgan fingerprint density at radius 3 is 2.73 bits per heavy atom. The second-order valence-corrected chi connectivity index (χ2v) is 4.43. The van der Waals surface area contributed by atoms with Gasteiger partial charge in [0.2, 0.25) is 0 Å². The van der Waals surface area contributed by atoms with Crippen LogP contribution in [-0.4, -0.2) is 6.04 Å². The van der Waals surface area contributed by atoms with E-state index in [0.29, 0.717) is 6.04 Å². The monoisotopic (exact) mass is 149 g/mol. The smallest absolute Gasteiger partial charge is 0.00757 e. The Morgan fingerprint density at radius 1 is 1.09 bits per heavy atom. The van der Waals surface area contributed by atoms with E-state index in [0.717, 1.165) is 23.7 Å². The van der Waals surface area contributed by atoms with Gasteiger partial charge in [0.25, 0.3) is 0 Å². The van der Waals surface area contributed by atoms with Crippen molar-refractivity contribution in [1.29, 1.82) is 0 Å². The zero-order chi connectivity index (χ0) is 7.42. The summed E-state index contributed by atoms with van der Waals surface area (Å²) in [4.78, 5) is 0. The van der Waals surface area contributed by atoms with Gasteiger partial charge in [-0.3, -0.25) is 0 Å². The average Bonchev–Trinajstić information content (AvgIpc) is 2.60. The number of hydrogen-bond acceptors (Lipinski definition) is 1. The molecule has 2 bridgehead atoms. The van der Waals surface area contributed by atoms with E-state index in [1.165, 1.54) is 19.3 Å². The van der Waals surface area contributed by atoms with Gasteiger partial charge >= 0.3 is 0 Å². The maximum absolute atomic E-state index is 6.07. The SMILES string of the molecule is NC1CC[C@H]2[C@@H]1[C@H]1C=C[C@@H]2C1. The Kier molecular flexibility index (Phi) is 1.07. The Hall–Kier alpha value is -0.300. The summed E-state index contributed by atoms with van der Waals surface area (Å²) in [6.07, 6.45) is 8.95. The molecule has 0 aliphatic heterocycles. The third-order valence-corrected chi connectivity index (χ3v) is 4.02. The van der Waals surface area contributed by atoms with Crippen LogP contribution >= 0.6 is 0 Å². The maximum Gasteiger partial charge on any atom is 0.00757 e. The van der Waals surface area contributed by atoms with Gasteiger partial charge in [-0.2, -0.15) is 0 Å². The number of rotatable bonds is 0. The second-order valence-electron chi connectivity index (χ2n) is 4.43. The van der Waals surface area contributed by atoms with Crippen LogP contribution in [0.1, 0.15) is 19.3 Å². The molecule has 0 aromatic carbocycles. The van der Waals surface area contributed by atoms with E-state index in [-0.39, 0.29) is 0 Å². The lowest BCUT2D eigenvalue weighted by atomic mass is 9.84. The molecule has 3 aliphatic carbocycles. The fourth-order valence-corrected chi connectivity index (χ4v) is 3.58. The zero-order valence-electron chi connectivity index (χ0n) is 6.74. The molecule has 3 rings (SSSR count). The molecule has 1 nitrogen and oxygen atoms in total. The Morgan fingerprint density at radius 2 is 1.91 bits per heavy atom. The molecule has 0 radical (unpaired) electrons. The summed E-state index contributed by atoms with van der Waals surface area (Å²) < 4.78 is 0. The molecule has 0 heterocycles. The van der Waals surface area contributed by atoms with E-state index in [9.17, 15) is 0 Å². The quantitative estimate of drug-likeness (QED) is 0.519. The number of fused-ring (bicyclic) bond motifs is 5. The summed E-state index contributed by atoms with van der Waals surface area (Å²) in [5, 5.41) is 0. The van der Waals surface area contributed by atoms with Gasteiger partial charge in [-0.25, -0.2) is 0 Å². The molecule has 5 atom stereocenters. The molecule has 1 heteroatoms. The molecule has 0 saturated heterocycles. The van der Waals surface area contributed by atoms with Crippen LogP contribution < -0.4 is 5.73 Å². The number of hydrogen-bond donors (Lipinski definition) is 1. The number of nitrogens with two attached hydrogens (primary N) is 1. The van der Waals surface area contributed by atoms with Gasteiger partial charge in [-0.15, -0.1) is 0 Å². The first-order valence-corrected chi connectivity index (χ1v) is 4.80. The lowest BCUT2D eigenvalue weighted by molar-refractivity contribution is 0.339. The highest BCUT2D eigenvalue weighted by Gasteiger charge is 2.49. The largest absolute Gasteiger partial charge is 0.327 e. The van der Waals surface area contributed by atoms with Crippen LogP contribution in [0, 0.1) is 23.7 Å². The van der Waals surface area contributed by atoms with E-state index in [1.807, 2.05) is 0 Å². The van der Waals surface area contributed by atoms with Gasteiger partial charge in [-0.1, -0.05) is 12.2 Å². The molecular formula is C10H15N. The molecule has 0 aromatic heterocycles. The normalized spacial score (nSPS) is 58.8. The van der Waals surface area contributed by atoms with E-state index in [2.05, 4.69) is 12.2 Å². The standard InChI is InChI=1S/C10H15N/c11-9-4-3-8-6-1-2-7(5-6)10(8)9/h1-2,6-10H,3-5,11H2/t6-,7+,8-,9?,10+/m1/s1. The minimum atomic E-state index is 0.528. The molecule has 0 amide bonds. The lowest BCUT2D eigenvalue weighted by Crippen LogP contribution is -2.30. The van der Waals surface area contributed by atoms with Crippen LogP contribution in [0.15, 0.2) is 12.2 Å². The first-order chi connectivity index (χ1) is 5.36. The van der Waals surface area contributed by atoms with Crippen molar-refractivity contribution in [3.05, 3.63) is 12.2 Å². The van der Waals surface area contributed by atoms with Gasteiger partial charge in [0, 0.05) is 6.04 Å². The van der Waals surface area contributed by atoms with Gasteiger partial charge in [0.05, 0.1) is 0 Å². The van der Waals surface area contributed by atoms with Crippen molar-refractivity contribution >= 4 is 0 Å². The maximum atomic E-state index is 6.07. The van der Waals surface area contributed by atoms with Crippen molar-refractivity contribution in [3.8, 4) is 0 Å². The van der Waals surface area contributed by atoms with Crippen molar-refractivity contribution in [2.24, 2.45) is 29.4 Å². The molecule has 3 aliphatic rings. The zero-order valence-corrected chi connectivity index (χ0v) is 6.74. The highest BCUT2D eigenvalue weighted by Crippen LogP contribution is 2.54. The van der Waals surface area contributed by atoms with Crippen molar-refractivity contribution < 1.29 is 0 Å². The van der Waals surface area contributed by atoms with Crippen molar-refractivity contribution in [1.82, 2.24) is 0 Å². The Balaban J connectivity index is 1.97. The van der Waals surface area contributed by atoms with Crippen molar-refractivity contribution in [3.63, 3.8) is 0 Å². The fraction of sp³-hybridized carbons (Fsp3) is 0.800. The van der Waals surface area contributed by atoms with Gasteiger partial charge < -0.3 is 5.73 Å². The molecule has 2 fully saturated rings. The summed E-state index contributed by atoms with van der Waals surface area (Å²) in [5.74, 6) is 3.62. The van der Waals surface area contributed by atoms with Crippen LogP contribution in [0.25, 0.3) is 0 Å². The minimum Gasteiger partial charge on any atom is -0.327 e. The summed E-state index contributed by atoms with van der Waals surface area (Å²) in [6.45, 7) is 0. The summed E-state index contributed by atoms with van der Waals surface area (Å²) in [6, 6.07) is 0.528. The summed E-state index contributed by atoms with van der Waals surface area (Å²) >= 11 is 0. The third-order valence-electron chi connectivity index (χ3n) is 4.02. The topological polar surface area (TPSA) is 26.0 Å². The van der Waals surface area contributed by atoms with E-state index in [4.69, 9.17) is 5.73 Å². The molecular weight excluding hydrogens is 134 g/mol. The predicted octanol–water partition coefficient (Wildman–Crippen LogP) is 1.55. The summed E-state index contributed by atoms with van der Waals surface area (Å²) in [7, 11) is 0. The van der Waals surface area contributed by atoms with Gasteiger partial charge in [-0.05, 0) is 42.9 Å². The Labute approximate surface area is 67.7 Å². The van der Waals surface area contributed by atoms with Crippen molar-refractivity contribution in [2.75, 3.05) is 0 Å². The molecule has 1 unspecified atom stereocenters. The van der Waals surface area contributed by atoms with Crippen LogP contribution in [-0.2, 0) is 0 Å². The van der Waals surface area contributed by atoms with E-state index in [1.54, 1.807) is 0 Å². The van der Waals surface area contributed by atoms with Gasteiger partial charge in [0.15, 0.2) is 0 Å². The molecule has 2 N–H and O–H groups in total. The highest BCUT2D eigenvalue weighted by molar-refractivity contribution is 5.17. The highest BCUT2D eigenvalue weighted by atomic mass is 14.7. The molecule has 2 saturated carbocycles. The van der Waals surface area contributed by atoms with Crippen molar-refractivity contribution in [2.45, 2.75) is 25.3 Å². The first kappa shape index (κ1) is 6.24. The summed E-state index contributed by atoms with van der Waals surface area (Å²) in [5.41, 5.74) is 6.07. The van der Waals surface area contributed by atoms with E-state index < -0.39 is 0 Å². The average molecular weight is 149 g/mol. The lowest BCUT2D eigenvalue weighted by Gasteiger charge is -2.23. The van der Waals surface area contributed by atoms with Crippen LogP contribution in [0.5, 0.6) is 0 Å². The number of allylic oxidation sites excluding steroid dienone is 2.